The second-order valence-electron chi connectivity index (χ2n) is 4.37. The quantitative estimate of drug-likeness (QED) is 0.927. The van der Waals surface area contributed by atoms with Gasteiger partial charge in [-0.2, -0.15) is 0 Å². The highest BCUT2D eigenvalue weighted by atomic mass is 35.5. The van der Waals surface area contributed by atoms with Gasteiger partial charge in [0.15, 0.2) is 0 Å². The summed E-state index contributed by atoms with van der Waals surface area (Å²) in [6.07, 6.45) is 0. The van der Waals surface area contributed by atoms with E-state index >= 15 is 0 Å². The lowest BCUT2D eigenvalue weighted by Gasteiger charge is -2.08. The summed E-state index contributed by atoms with van der Waals surface area (Å²) < 4.78 is 26.7. The van der Waals surface area contributed by atoms with Crippen molar-refractivity contribution in [3.8, 4) is 0 Å². The number of hydrogen-bond acceptors (Lipinski definition) is 2. The second-order valence-corrected chi connectivity index (χ2v) is 6.98. The Morgan fingerprint density at radius 3 is 2.30 bits per heavy atom. The molecule has 2 aromatic carbocycles. The second kappa shape index (κ2) is 6.14. The Morgan fingerprint density at radius 2 is 1.70 bits per heavy atom. The number of benzene rings is 2. The lowest BCUT2D eigenvalue weighted by Crippen LogP contribution is -2.23. The van der Waals surface area contributed by atoms with Crippen LogP contribution in [0.5, 0.6) is 0 Å². The van der Waals surface area contributed by atoms with Gasteiger partial charge in [0, 0.05) is 16.6 Å². The normalized spacial score (nSPS) is 11.6. The van der Waals surface area contributed by atoms with Crippen LogP contribution in [0.25, 0.3) is 0 Å². The minimum absolute atomic E-state index is 0.117. The van der Waals surface area contributed by atoms with Crippen molar-refractivity contribution < 1.29 is 8.42 Å². The minimum Gasteiger partial charge on any atom is -0.207 e. The molecule has 106 valence electrons. The monoisotopic (exact) mass is 329 g/mol. The summed E-state index contributed by atoms with van der Waals surface area (Å²) in [6, 6.07) is 11.6. The van der Waals surface area contributed by atoms with E-state index in [9.17, 15) is 8.42 Å². The van der Waals surface area contributed by atoms with Gasteiger partial charge in [0.25, 0.3) is 0 Å². The number of sulfonamides is 1. The average molecular weight is 330 g/mol. The van der Waals surface area contributed by atoms with E-state index in [1.54, 1.807) is 42.5 Å². The predicted molar refractivity (Wildman–Crippen MR) is 81.7 cm³/mol. The molecular formula is C14H13Cl2NO2S. The molecule has 0 heterocycles. The molecule has 0 aliphatic heterocycles. The third kappa shape index (κ3) is 3.73. The summed E-state index contributed by atoms with van der Waals surface area (Å²) in [6.45, 7) is 2.02. The van der Waals surface area contributed by atoms with Crippen molar-refractivity contribution in [1.29, 1.82) is 0 Å². The Bertz CT molecular complexity index is 712. The van der Waals surface area contributed by atoms with Crippen LogP contribution in [-0.2, 0) is 16.6 Å². The van der Waals surface area contributed by atoms with Crippen molar-refractivity contribution in [2.45, 2.75) is 18.4 Å². The lowest BCUT2D eigenvalue weighted by molar-refractivity contribution is 0.581. The van der Waals surface area contributed by atoms with E-state index in [-0.39, 0.29) is 11.4 Å². The lowest BCUT2D eigenvalue weighted by atomic mass is 10.2. The van der Waals surface area contributed by atoms with Crippen molar-refractivity contribution in [2.75, 3.05) is 0 Å². The van der Waals surface area contributed by atoms with Crippen LogP contribution in [0.2, 0.25) is 10.0 Å². The van der Waals surface area contributed by atoms with Crippen LogP contribution in [-0.4, -0.2) is 8.42 Å². The molecule has 6 heteroatoms. The van der Waals surface area contributed by atoms with Gasteiger partial charge in [-0.25, -0.2) is 13.1 Å². The van der Waals surface area contributed by atoms with Gasteiger partial charge in [-0.15, -0.1) is 0 Å². The zero-order chi connectivity index (χ0) is 14.8. The topological polar surface area (TPSA) is 46.2 Å². The molecule has 1 N–H and O–H groups in total. The summed E-state index contributed by atoms with van der Waals surface area (Å²) in [7, 11) is -3.54. The molecule has 0 aliphatic rings. The number of aryl methyl sites for hydroxylation is 1. The van der Waals surface area contributed by atoms with Crippen molar-refractivity contribution in [1.82, 2.24) is 4.72 Å². The van der Waals surface area contributed by atoms with Gasteiger partial charge in [-0.3, -0.25) is 0 Å². The Hall–Kier alpha value is -1.07. The maximum absolute atomic E-state index is 12.1. The van der Waals surface area contributed by atoms with E-state index in [4.69, 9.17) is 23.2 Å². The average Bonchev–Trinajstić information content (AvgIpc) is 2.38. The van der Waals surface area contributed by atoms with E-state index in [1.807, 2.05) is 6.92 Å². The largest absolute Gasteiger partial charge is 0.240 e. The number of hydrogen-bond donors (Lipinski definition) is 1. The maximum Gasteiger partial charge on any atom is 0.240 e. The SMILES string of the molecule is Cc1ccc(S(=O)(=O)NCc2ccc(Cl)cc2Cl)cc1. The molecule has 2 rings (SSSR count). The number of nitrogens with one attached hydrogen (secondary N) is 1. The summed E-state index contributed by atoms with van der Waals surface area (Å²) >= 11 is 11.8. The van der Waals surface area contributed by atoms with Crippen molar-refractivity contribution in [2.24, 2.45) is 0 Å². The smallest absolute Gasteiger partial charge is 0.207 e. The van der Waals surface area contributed by atoms with E-state index < -0.39 is 10.0 Å². The van der Waals surface area contributed by atoms with Crippen LogP contribution in [0.3, 0.4) is 0 Å². The first-order valence-corrected chi connectivity index (χ1v) is 8.13. The molecule has 2 aromatic rings. The van der Waals surface area contributed by atoms with Gasteiger partial charge < -0.3 is 0 Å². The summed E-state index contributed by atoms with van der Waals surface area (Å²) in [4.78, 5) is 0.230. The predicted octanol–water partition coefficient (Wildman–Crippen LogP) is 3.78. The van der Waals surface area contributed by atoms with Crippen LogP contribution in [0.1, 0.15) is 11.1 Å². The highest BCUT2D eigenvalue weighted by Crippen LogP contribution is 2.21. The number of rotatable bonds is 4. The molecule has 0 bridgehead atoms. The van der Waals surface area contributed by atoms with Gasteiger partial charge in [0.05, 0.1) is 4.90 Å². The fourth-order valence-corrected chi connectivity index (χ4v) is 3.12. The first kappa shape index (κ1) is 15.3. The van der Waals surface area contributed by atoms with E-state index in [2.05, 4.69) is 4.72 Å². The Labute approximate surface area is 128 Å². The molecule has 0 saturated carbocycles. The van der Waals surface area contributed by atoms with Crippen LogP contribution >= 0.6 is 23.2 Å². The van der Waals surface area contributed by atoms with Crippen molar-refractivity contribution in [3.63, 3.8) is 0 Å². The summed E-state index contributed by atoms with van der Waals surface area (Å²) in [5.74, 6) is 0. The fourth-order valence-electron chi connectivity index (χ4n) is 1.64. The van der Waals surface area contributed by atoms with E-state index in [0.29, 0.717) is 15.6 Å². The fraction of sp³-hybridized carbons (Fsp3) is 0.143. The molecule has 0 fully saturated rings. The van der Waals surface area contributed by atoms with Crippen LogP contribution in [0, 0.1) is 6.92 Å². The summed E-state index contributed by atoms with van der Waals surface area (Å²) in [5.41, 5.74) is 1.68. The van der Waals surface area contributed by atoms with E-state index in [0.717, 1.165) is 5.56 Å². The zero-order valence-corrected chi connectivity index (χ0v) is 13.1. The third-order valence-electron chi connectivity index (χ3n) is 2.80. The van der Waals surface area contributed by atoms with Gasteiger partial charge in [-0.1, -0.05) is 47.0 Å². The highest BCUT2D eigenvalue weighted by Gasteiger charge is 2.14. The Morgan fingerprint density at radius 1 is 1.05 bits per heavy atom. The van der Waals surface area contributed by atoms with Crippen LogP contribution in [0.4, 0.5) is 0 Å². The molecule has 0 radical (unpaired) electrons. The van der Waals surface area contributed by atoms with Crippen LogP contribution < -0.4 is 4.72 Å². The molecule has 0 amide bonds. The van der Waals surface area contributed by atoms with E-state index in [1.165, 1.54) is 0 Å². The Balaban J connectivity index is 2.15. The van der Waals surface area contributed by atoms with Gasteiger partial charge in [-0.05, 0) is 36.8 Å². The molecule has 20 heavy (non-hydrogen) atoms. The molecule has 0 atom stereocenters. The third-order valence-corrected chi connectivity index (χ3v) is 4.80. The summed E-state index contributed by atoms with van der Waals surface area (Å²) in [5, 5.41) is 0.948. The molecular weight excluding hydrogens is 317 g/mol. The molecule has 3 nitrogen and oxygen atoms in total. The molecule has 0 aliphatic carbocycles. The standard InChI is InChI=1S/C14H13Cl2NO2S/c1-10-2-6-13(7-3-10)20(18,19)17-9-11-4-5-12(15)8-14(11)16/h2-8,17H,9H2,1H3. The Kier molecular flexibility index (Phi) is 4.70. The van der Waals surface area contributed by atoms with Crippen LogP contribution in [0.15, 0.2) is 47.4 Å². The molecule has 0 unspecified atom stereocenters. The minimum atomic E-state index is -3.54. The zero-order valence-electron chi connectivity index (χ0n) is 10.7. The number of halogens is 2. The van der Waals surface area contributed by atoms with Crippen molar-refractivity contribution in [3.05, 3.63) is 63.6 Å². The van der Waals surface area contributed by atoms with Crippen molar-refractivity contribution >= 4 is 33.2 Å². The molecule has 0 spiro atoms. The van der Waals surface area contributed by atoms with Gasteiger partial charge in [0.2, 0.25) is 10.0 Å². The first-order valence-electron chi connectivity index (χ1n) is 5.89. The van der Waals surface area contributed by atoms with Gasteiger partial charge >= 0.3 is 0 Å². The maximum atomic E-state index is 12.1. The molecule has 0 saturated heterocycles. The molecule has 0 aromatic heterocycles. The first-order chi connectivity index (χ1) is 9.38. The highest BCUT2D eigenvalue weighted by molar-refractivity contribution is 7.89. The van der Waals surface area contributed by atoms with Gasteiger partial charge in [0.1, 0.15) is 0 Å².